The Morgan fingerprint density at radius 1 is 0.800 bits per heavy atom. The van der Waals surface area contributed by atoms with E-state index in [1.165, 1.54) is 5.56 Å². The highest BCUT2D eigenvalue weighted by Gasteiger charge is 2.43. The number of methoxy groups -OCH3 is 2. The van der Waals surface area contributed by atoms with Gasteiger partial charge in [-0.2, -0.15) is 0 Å². The molecule has 3 aromatic carbocycles. The Balaban J connectivity index is 1.54. The predicted octanol–water partition coefficient (Wildman–Crippen LogP) is 5.07. The first-order valence-electron chi connectivity index (χ1n) is 9.82. The van der Waals surface area contributed by atoms with Crippen LogP contribution in [-0.4, -0.2) is 25.9 Å². The molecule has 0 aromatic heterocycles. The molecule has 5 nitrogen and oxygen atoms in total. The number of oxime groups is 1. The van der Waals surface area contributed by atoms with Crippen LogP contribution in [0.15, 0.2) is 84.0 Å². The second-order valence-corrected chi connectivity index (χ2v) is 7.17. The van der Waals surface area contributed by atoms with E-state index in [9.17, 15) is 4.79 Å². The summed E-state index contributed by atoms with van der Waals surface area (Å²) in [7, 11) is 3.24. The number of ether oxygens (including phenoxy) is 2. The molecular weight excluding hydrogens is 378 g/mol. The third-order valence-corrected chi connectivity index (χ3v) is 5.31. The molecule has 0 N–H and O–H groups in total. The van der Waals surface area contributed by atoms with Crippen molar-refractivity contribution in [1.82, 2.24) is 0 Å². The van der Waals surface area contributed by atoms with Gasteiger partial charge in [-0.25, -0.2) is 4.79 Å². The third kappa shape index (κ3) is 4.35. The van der Waals surface area contributed by atoms with E-state index in [0.29, 0.717) is 17.2 Å². The van der Waals surface area contributed by atoms with Crippen LogP contribution < -0.4 is 9.47 Å². The Morgan fingerprint density at radius 3 is 2.00 bits per heavy atom. The fourth-order valence-electron chi connectivity index (χ4n) is 3.53. The van der Waals surface area contributed by atoms with E-state index < -0.39 is 5.97 Å². The maximum absolute atomic E-state index is 12.5. The van der Waals surface area contributed by atoms with Crippen molar-refractivity contribution in [2.24, 2.45) is 11.1 Å². The van der Waals surface area contributed by atoms with E-state index in [0.717, 1.165) is 23.4 Å². The zero-order valence-electron chi connectivity index (χ0n) is 16.9. The van der Waals surface area contributed by atoms with Gasteiger partial charge in [-0.05, 0) is 59.9 Å². The van der Waals surface area contributed by atoms with Crippen LogP contribution in [0.5, 0.6) is 11.5 Å². The molecule has 0 radical (unpaired) electrons. The highest BCUT2D eigenvalue weighted by molar-refractivity contribution is 6.04. The third-order valence-electron chi connectivity index (χ3n) is 5.31. The molecule has 0 heterocycles. The van der Waals surface area contributed by atoms with Crippen LogP contribution in [0.25, 0.3) is 0 Å². The lowest BCUT2D eigenvalue weighted by Gasteiger charge is -2.08. The van der Waals surface area contributed by atoms with Gasteiger partial charge in [-0.1, -0.05) is 47.6 Å². The SMILES string of the molecule is COc1ccc(C(=O)O/N=C(\c2ccccc2)C2CC2c2ccc(OC)cc2)cc1. The van der Waals surface area contributed by atoms with Gasteiger partial charge in [0, 0.05) is 5.92 Å². The minimum Gasteiger partial charge on any atom is -0.497 e. The Labute approximate surface area is 175 Å². The second kappa shape index (κ2) is 8.82. The van der Waals surface area contributed by atoms with Crippen LogP contribution in [0.4, 0.5) is 0 Å². The van der Waals surface area contributed by atoms with E-state index in [1.54, 1.807) is 38.5 Å². The quantitative estimate of drug-likeness (QED) is 0.315. The standard InChI is InChI=1S/C25H23NO4/c1-28-20-12-8-17(9-13-20)22-16-23(22)24(18-6-4-3-5-7-18)26-30-25(27)19-10-14-21(29-2)15-11-19/h3-15,22-23H,16H2,1-2H3/b26-24+. The predicted molar refractivity (Wildman–Crippen MR) is 115 cm³/mol. The summed E-state index contributed by atoms with van der Waals surface area (Å²) in [5.74, 6) is 1.56. The van der Waals surface area contributed by atoms with Crippen LogP contribution in [0.3, 0.4) is 0 Å². The summed E-state index contributed by atoms with van der Waals surface area (Å²) in [6, 6.07) is 24.7. The van der Waals surface area contributed by atoms with Gasteiger partial charge in [0.1, 0.15) is 11.5 Å². The Hall–Kier alpha value is -3.60. The summed E-state index contributed by atoms with van der Waals surface area (Å²) in [5, 5.41) is 4.30. The van der Waals surface area contributed by atoms with Crippen molar-refractivity contribution >= 4 is 11.7 Å². The molecule has 4 rings (SSSR count). The molecule has 1 aliphatic carbocycles. The molecule has 5 heteroatoms. The van der Waals surface area contributed by atoms with E-state index in [4.69, 9.17) is 14.3 Å². The summed E-state index contributed by atoms with van der Waals surface area (Å²) in [6.07, 6.45) is 0.958. The average Bonchev–Trinajstić information content (AvgIpc) is 3.60. The summed E-state index contributed by atoms with van der Waals surface area (Å²) >= 11 is 0. The van der Waals surface area contributed by atoms with E-state index in [1.807, 2.05) is 42.5 Å². The lowest BCUT2D eigenvalue weighted by Crippen LogP contribution is -2.09. The Bertz CT molecular complexity index is 1030. The summed E-state index contributed by atoms with van der Waals surface area (Å²) in [5.41, 5.74) is 3.40. The van der Waals surface area contributed by atoms with Gasteiger partial charge in [0.15, 0.2) is 0 Å². The molecule has 2 atom stereocenters. The number of carbonyl (C=O) groups is 1. The minimum absolute atomic E-state index is 0.199. The van der Waals surface area contributed by atoms with Gasteiger partial charge >= 0.3 is 5.97 Å². The molecule has 0 amide bonds. The summed E-state index contributed by atoms with van der Waals surface area (Å²) < 4.78 is 10.4. The molecule has 1 fully saturated rings. The van der Waals surface area contributed by atoms with Crippen molar-refractivity contribution in [2.75, 3.05) is 14.2 Å². The second-order valence-electron chi connectivity index (χ2n) is 7.17. The molecule has 0 saturated heterocycles. The lowest BCUT2D eigenvalue weighted by molar-refractivity contribution is 0.0515. The van der Waals surface area contributed by atoms with Gasteiger partial charge in [-0.15, -0.1) is 0 Å². The lowest BCUT2D eigenvalue weighted by atomic mass is 10.0. The zero-order chi connectivity index (χ0) is 20.9. The molecule has 2 unspecified atom stereocenters. The molecule has 0 spiro atoms. The maximum atomic E-state index is 12.5. The first kappa shape index (κ1) is 19.7. The molecule has 1 aliphatic rings. The normalized spacial score (nSPS) is 17.9. The first-order chi connectivity index (χ1) is 14.7. The van der Waals surface area contributed by atoms with Gasteiger partial charge in [0.2, 0.25) is 0 Å². The van der Waals surface area contributed by atoms with Crippen molar-refractivity contribution in [3.63, 3.8) is 0 Å². The summed E-state index contributed by atoms with van der Waals surface area (Å²) in [4.78, 5) is 17.8. The molecule has 0 bridgehead atoms. The molecular formula is C25H23NO4. The van der Waals surface area contributed by atoms with Crippen LogP contribution in [0.2, 0.25) is 0 Å². The number of hydrogen-bond donors (Lipinski definition) is 0. The van der Waals surface area contributed by atoms with E-state index >= 15 is 0 Å². The highest BCUT2D eigenvalue weighted by Crippen LogP contribution is 2.49. The number of rotatable bonds is 7. The topological polar surface area (TPSA) is 57.1 Å². The monoisotopic (exact) mass is 401 g/mol. The number of benzene rings is 3. The zero-order valence-corrected chi connectivity index (χ0v) is 16.9. The van der Waals surface area contributed by atoms with Gasteiger partial charge in [0.05, 0.1) is 25.5 Å². The Morgan fingerprint density at radius 2 is 1.40 bits per heavy atom. The fraction of sp³-hybridized carbons (Fsp3) is 0.200. The fourth-order valence-corrected chi connectivity index (χ4v) is 3.53. The van der Waals surface area contributed by atoms with Crippen molar-refractivity contribution < 1.29 is 19.1 Å². The van der Waals surface area contributed by atoms with Crippen LogP contribution in [0.1, 0.15) is 33.8 Å². The largest absolute Gasteiger partial charge is 0.497 e. The first-order valence-corrected chi connectivity index (χ1v) is 9.82. The van der Waals surface area contributed by atoms with Gasteiger partial charge in [0.25, 0.3) is 0 Å². The van der Waals surface area contributed by atoms with Gasteiger partial charge < -0.3 is 14.3 Å². The van der Waals surface area contributed by atoms with Crippen molar-refractivity contribution in [3.8, 4) is 11.5 Å². The molecule has 30 heavy (non-hydrogen) atoms. The molecule has 152 valence electrons. The minimum atomic E-state index is -0.493. The molecule has 3 aromatic rings. The van der Waals surface area contributed by atoms with Crippen molar-refractivity contribution in [3.05, 3.63) is 95.6 Å². The molecule has 1 saturated carbocycles. The maximum Gasteiger partial charge on any atom is 0.365 e. The molecule has 0 aliphatic heterocycles. The average molecular weight is 401 g/mol. The highest BCUT2D eigenvalue weighted by atomic mass is 16.7. The number of nitrogens with zero attached hydrogens (tertiary/aromatic N) is 1. The van der Waals surface area contributed by atoms with E-state index in [2.05, 4.69) is 17.3 Å². The number of hydrogen-bond acceptors (Lipinski definition) is 5. The van der Waals surface area contributed by atoms with Crippen molar-refractivity contribution in [1.29, 1.82) is 0 Å². The Kier molecular flexibility index (Phi) is 5.80. The van der Waals surface area contributed by atoms with Crippen LogP contribution in [-0.2, 0) is 4.84 Å². The van der Waals surface area contributed by atoms with E-state index in [-0.39, 0.29) is 5.92 Å². The smallest absolute Gasteiger partial charge is 0.365 e. The van der Waals surface area contributed by atoms with Crippen LogP contribution in [0, 0.1) is 5.92 Å². The van der Waals surface area contributed by atoms with Crippen LogP contribution >= 0.6 is 0 Å². The van der Waals surface area contributed by atoms with Crippen molar-refractivity contribution in [2.45, 2.75) is 12.3 Å². The number of carbonyl (C=O) groups excluding carboxylic acids is 1. The summed E-state index contributed by atoms with van der Waals surface area (Å²) in [6.45, 7) is 0. The van der Waals surface area contributed by atoms with Gasteiger partial charge in [-0.3, -0.25) is 0 Å².